The standard InChI is InChI=1S/C16H19N3O3S/c1-9-8-23-15(18-9)13-5-11-3-4-19(7-14(11)21-13)16(20)12-6-17-22-10(12)2/h6,8,11,13-14H,3-5,7H2,1-2H3/t11-,13-,14+/m1/s1. The molecular weight excluding hydrogens is 314 g/mol. The Hall–Kier alpha value is -1.73. The highest BCUT2D eigenvalue weighted by molar-refractivity contribution is 7.09. The lowest BCUT2D eigenvalue weighted by Crippen LogP contribution is -2.45. The van der Waals surface area contributed by atoms with Crippen molar-refractivity contribution in [2.24, 2.45) is 5.92 Å². The van der Waals surface area contributed by atoms with Gasteiger partial charge in [-0.25, -0.2) is 4.98 Å². The Morgan fingerprint density at radius 1 is 1.43 bits per heavy atom. The van der Waals surface area contributed by atoms with E-state index in [0.29, 0.717) is 23.8 Å². The quantitative estimate of drug-likeness (QED) is 0.845. The first-order chi connectivity index (χ1) is 11.1. The van der Waals surface area contributed by atoms with E-state index in [9.17, 15) is 4.79 Å². The molecule has 122 valence electrons. The Morgan fingerprint density at radius 3 is 3.00 bits per heavy atom. The molecule has 2 aliphatic heterocycles. The maximum absolute atomic E-state index is 12.6. The summed E-state index contributed by atoms with van der Waals surface area (Å²) in [4.78, 5) is 19.0. The Bertz CT molecular complexity index is 726. The molecule has 7 heteroatoms. The van der Waals surface area contributed by atoms with Crippen LogP contribution in [0.5, 0.6) is 0 Å². The molecule has 0 unspecified atom stereocenters. The van der Waals surface area contributed by atoms with Crippen LogP contribution in [0.1, 0.15) is 45.8 Å². The van der Waals surface area contributed by atoms with Gasteiger partial charge in [-0.3, -0.25) is 4.79 Å². The number of ether oxygens (including phenoxy) is 1. The molecule has 4 heterocycles. The molecule has 0 N–H and O–H groups in total. The van der Waals surface area contributed by atoms with Crippen molar-refractivity contribution >= 4 is 17.2 Å². The van der Waals surface area contributed by atoms with Gasteiger partial charge in [-0.2, -0.15) is 0 Å². The lowest BCUT2D eigenvalue weighted by molar-refractivity contribution is -0.00455. The van der Waals surface area contributed by atoms with E-state index in [-0.39, 0.29) is 18.1 Å². The van der Waals surface area contributed by atoms with Crippen molar-refractivity contribution in [2.45, 2.75) is 38.9 Å². The van der Waals surface area contributed by atoms with Crippen molar-refractivity contribution in [1.82, 2.24) is 15.0 Å². The topological polar surface area (TPSA) is 68.5 Å². The lowest BCUT2D eigenvalue weighted by atomic mass is 9.91. The molecule has 0 bridgehead atoms. The maximum atomic E-state index is 12.6. The van der Waals surface area contributed by atoms with Gasteiger partial charge in [-0.1, -0.05) is 5.16 Å². The number of aryl methyl sites for hydroxylation is 2. The molecule has 4 rings (SSSR count). The van der Waals surface area contributed by atoms with E-state index in [2.05, 4.69) is 15.5 Å². The van der Waals surface area contributed by atoms with Gasteiger partial charge in [0.2, 0.25) is 0 Å². The average molecular weight is 333 g/mol. The molecule has 2 saturated heterocycles. The number of nitrogens with zero attached hydrogens (tertiary/aromatic N) is 3. The van der Waals surface area contributed by atoms with E-state index in [1.165, 1.54) is 6.20 Å². The molecule has 2 fully saturated rings. The average Bonchev–Trinajstić information content (AvgIpc) is 3.24. The van der Waals surface area contributed by atoms with Crippen LogP contribution in [0.2, 0.25) is 0 Å². The van der Waals surface area contributed by atoms with Crippen LogP contribution in [-0.4, -0.2) is 40.1 Å². The zero-order valence-corrected chi connectivity index (χ0v) is 14.0. The number of carbonyl (C=O) groups is 1. The van der Waals surface area contributed by atoms with Gasteiger partial charge in [-0.05, 0) is 32.6 Å². The lowest BCUT2D eigenvalue weighted by Gasteiger charge is -2.33. The summed E-state index contributed by atoms with van der Waals surface area (Å²) in [5.41, 5.74) is 1.59. The third-order valence-electron chi connectivity index (χ3n) is 4.73. The van der Waals surface area contributed by atoms with E-state index >= 15 is 0 Å². The van der Waals surface area contributed by atoms with Gasteiger partial charge >= 0.3 is 0 Å². The molecule has 0 saturated carbocycles. The molecule has 0 spiro atoms. The minimum absolute atomic E-state index is 0.0145. The number of likely N-dealkylation sites (tertiary alicyclic amines) is 1. The predicted octanol–water partition coefficient (Wildman–Crippen LogP) is 2.74. The van der Waals surface area contributed by atoms with Crippen LogP contribution < -0.4 is 0 Å². The molecule has 2 aromatic heterocycles. The molecule has 0 radical (unpaired) electrons. The minimum Gasteiger partial charge on any atom is -0.366 e. The molecule has 0 aliphatic carbocycles. The SMILES string of the molecule is Cc1csc([C@H]2C[C@H]3CCN(C(=O)c4cnoc4C)C[C@@H]3O2)n1. The number of thiazole rings is 1. The summed E-state index contributed by atoms with van der Waals surface area (Å²) in [6.45, 7) is 5.16. The van der Waals surface area contributed by atoms with Crippen LogP contribution >= 0.6 is 11.3 Å². The van der Waals surface area contributed by atoms with Gasteiger partial charge in [0, 0.05) is 24.2 Å². The number of fused-ring (bicyclic) bond motifs is 1. The van der Waals surface area contributed by atoms with Gasteiger partial charge in [-0.15, -0.1) is 11.3 Å². The number of hydrogen-bond acceptors (Lipinski definition) is 6. The van der Waals surface area contributed by atoms with Crippen LogP contribution in [0.3, 0.4) is 0 Å². The summed E-state index contributed by atoms with van der Waals surface area (Å²) in [6.07, 6.45) is 3.66. The van der Waals surface area contributed by atoms with E-state index in [1.54, 1.807) is 18.3 Å². The molecule has 0 aromatic carbocycles. The first kappa shape index (κ1) is 14.8. The van der Waals surface area contributed by atoms with Crippen molar-refractivity contribution in [1.29, 1.82) is 0 Å². The number of carbonyl (C=O) groups excluding carboxylic acids is 1. The van der Waals surface area contributed by atoms with Crippen molar-refractivity contribution < 1.29 is 14.1 Å². The van der Waals surface area contributed by atoms with E-state index in [1.807, 2.05) is 11.8 Å². The number of rotatable bonds is 2. The van der Waals surface area contributed by atoms with Crippen LogP contribution in [0, 0.1) is 19.8 Å². The third-order valence-corrected chi connectivity index (χ3v) is 5.79. The highest BCUT2D eigenvalue weighted by Crippen LogP contribution is 2.42. The second-order valence-electron chi connectivity index (χ2n) is 6.32. The van der Waals surface area contributed by atoms with E-state index in [0.717, 1.165) is 30.1 Å². The number of amides is 1. The Labute approximate surface area is 138 Å². The van der Waals surface area contributed by atoms with Crippen molar-refractivity contribution in [3.8, 4) is 0 Å². The Kier molecular flexibility index (Phi) is 3.69. The van der Waals surface area contributed by atoms with Gasteiger partial charge in [0.05, 0.1) is 12.3 Å². The largest absolute Gasteiger partial charge is 0.366 e. The minimum atomic E-state index is -0.0145. The first-order valence-electron chi connectivity index (χ1n) is 7.90. The molecule has 3 atom stereocenters. The van der Waals surface area contributed by atoms with E-state index in [4.69, 9.17) is 9.26 Å². The van der Waals surface area contributed by atoms with Gasteiger partial charge < -0.3 is 14.2 Å². The summed E-state index contributed by atoms with van der Waals surface area (Å²) in [5, 5.41) is 6.82. The summed E-state index contributed by atoms with van der Waals surface area (Å²) in [6, 6.07) is 0. The second kappa shape index (κ2) is 5.72. The second-order valence-corrected chi connectivity index (χ2v) is 7.21. The fourth-order valence-electron chi connectivity index (χ4n) is 3.47. The Balaban J connectivity index is 1.45. The molecule has 2 aromatic rings. The number of piperidine rings is 1. The summed E-state index contributed by atoms with van der Waals surface area (Å²) in [5.74, 6) is 1.07. The highest BCUT2D eigenvalue weighted by atomic mass is 32.1. The monoisotopic (exact) mass is 333 g/mol. The van der Waals surface area contributed by atoms with Gasteiger partial charge in [0.25, 0.3) is 5.91 Å². The normalized spacial score (nSPS) is 27.2. The fraction of sp³-hybridized carbons (Fsp3) is 0.562. The summed E-state index contributed by atoms with van der Waals surface area (Å²) in [7, 11) is 0. The number of hydrogen-bond donors (Lipinski definition) is 0. The smallest absolute Gasteiger partial charge is 0.259 e. The maximum Gasteiger partial charge on any atom is 0.259 e. The van der Waals surface area contributed by atoms with Gasteiger partial charge in [0.15, 0.2) is 0 Å². The first-order valence-corrected chi connectivity index (χ1v) is 8.78. The third kappa shape index (κ3) is 2.68. The highest BCUT2D eigenvalue weighted by Gasteiger charge is 2.42. The van der Waals surface area contributed by atoms with Crippen LogP contribution in [0.15, 0.2) is 16.1 Å². The van der Waals surface area contributed by atoms with Crippen molar-refractivity contribution in [2.75, 3.05) is 13.1 Å². The predicted molar refractivity (Wildman–Crippen MR) is 84.3 cm³/mol. The van der Waals surface area contributed by atoms with Gasteiger partial charge in [0.1, 0.15) is 22.4 Å². The number of aromatic nitrogens is 2. The van der Waals surface area contributed by atoms with Crippen molar-refractivity contribution in [3.63, 3.8) is 0 Å². The fourth-order valence-corrected chi connectivity index (χ4v) is 4.31. The molecular formula is C16H19N3O3S. The summed E-state index contributed by atoms with van der Waals surface area (Å²) >= 11 is 1.66. The molecule has 6 nitrogen and oxygen atoms in total. The molecule has 23 heavy (non-hydrogen) atoms. The zero-order chi connectivity index (χ0) is 16.0. The summed E-state index contributed by atoms with van der Waals surface area (Å²) < 4.78 is 11.2. The zero-order valence-electron chi connectivity index (χ0n) is 13.2. The van der Waals surface area contributed by atoms with Crippen LogP contribution in [0.4, 0.5) is 0 Å². The van der Waals surface area contributed by atoms with Crippen molar-refractivity contribution in [3.05, 3.63) is 33.6 Å². The van der Waals surface area contributed by atoms with Crippen LogP contribution in [-0.2, 0) is 4.74 Å². The molecule has 1 amide bonds. The van der Waals surface area contributed by atoms with E-state index < -0.39 is 0 Å². The molecule has 2 aliphatic rings. The van der Waals surface area contributed by atoms with Crippen LogP contribution in [0.25, 0.3) is 0 Å². The Morgan fingerprint density at radius 2 is 2.30 bits per heavy atom.